The lowest BCUT2D eigenvalue weighted by Gasteiger charge is -2.19. The highest BCUT2D eigenvalue weighted by Gasteiger charge is 2.23. The Labute approximate surface area is 105 Å². The van der Waals surface area contributed by atoms with Gasteiger partial charge in [0.05, 0.1) is 0 Å². The lowest BCUT2D eigenvalue weighted by molar-refractivity contribution is 0.102. The number of carbonyl (C=O) groups is 1. The third-order valence-corrected chi connectivity index (χ3v) is 5.03. The number of fused-ring (bicyclic) bond motifs is 1. The van der Waals surface area contributed by atoms with E-state index in [0.29, 0.717) is 0 Å². The summed E-state index contributed by atoms with van der Waals surface area (Å²) in [6.45, 7) is 0. The second-order valence-corrected chi connectivity index (χ2v) is 5.55. The molecular formula is C13H14OS2. The molecule has 1 aromatic rings. The van der Waals surface area contributed by atoms with E-state index < -0.39 is 0 Å². The Morgan fingerprint density at radius 3 is 2.50 bits per heavy atom. The Morgan fingerprint density at radius 2 is 1.81 bits per heavy atom. The minimum absolute atomic E-state index is 0.223. The number of Topliss-reactive ketones (excluding diaryl/α,β-unsaturated/α-hetero) is 1. The van der Waals surface area contributed by atoms with Crippen LogP contribution in [0, 0.1) is 0 Å². The van der Waals surface area contributed by atoms with E-state index >= 15 is 0 Å². The van der Waals surface area contributed by atoms with Gasteiger partial charge in [0, 0.05) is 15.4 Å². The molecule has 0 saturated carbocycles. The number of carbonyl (C=O) groups excluding carboxylic acids is 1. The van der Waals surface area contributed by atoms with E-state index in [9.17, 15) is 4.79 Å². The minimum atomic E-state index is 0.223. The van der Waals surface area contributed by atoms with Gasteiger partial charge < -0.3 is 0 Å². The Kier molecular flexibility index (Phi) is 3.77. The van der Waals surface area contributed by atoms with Gasteiger partial charge in [-0.2, -0.15) is 0 Å². The number of aryl methyl sites for hydroxylation is 1. The van der Waals surface area contributed by atoms with Crippen LogP contribution in [0.15, 0.2) is 34.1 Å². The zero-order valence-corrected chi connectivity index (χ0v) is 11.1. The summed E-state index contributed by atoms with van der Waals surface area (Å²) in [4.78, 5) is 12.3. The summed E-state index contributed by atoms with van der Waals surface area (Å²) in [5.41, 5.74) is 3.08. The van der Waals surface area contributed by atoms with Gasteiger partial charge in [-0.1, -0.05) is 24.3 Å². The van der Waals surface area contributed by atoms with Gasteiger partial charge in [0.2, 0.25) is 0 Å². The van der Waals surface area contributed by atoms with Crippen molar-refractivity contribution in [1.82, 2.24) is 0 Å². The summed E-state index contributed by atoms with van der Waals surface area (Å²) in [6, 6.07) is 7.94. The van der Waals surface area contributed by atoms with Crippen molar-refractivity contribution >= 4 is 29.3 Å². The quantitative estimate of drug-likeness (QED) is 0.744. The minimum Gasteiger partial charge on any atom is -0.289 e. The second kappa shape index (κ2) is 5.11. The fourth-order valence-electron chi connectivity index (χ4n) is 2.02. The van der Waals surface area contributed by atoms with Crippen LogP contribution in [0.1, 0.15) is 22.3 Å². The molecule has 1 nitrogen and oxygen atoms in total. The van der Waals surface area contributed by atoms with Gasteiger partial charge in [0.1, 0.15) is 0 Å². The van der Waals surface area contributed by atoms with E-state index in [0.717, 1.165) is 24.0 Å². The standard InChI is InChI=1S/C13H14OS2/c1-15-13(16-2)11-8-7-9-5-3-4-6-10(9)12(11)14/h3-6H,7-8H2,1-2H3. The number of hydrogen-bond acceptors (Lipinski definition) is 3. The number of thioether (sulfide) groups is 2. The molecule has 0 unspecified atom stereocenters. The van der Waals surface area contributed by atoms with E-state index in [4.69, 9.17) is 0 Å². The van der Waals surface area contributed by atoms with E-state index in [1.165, 1.54) is 9.80 Å². The maximum Gasteiger partial charge on any atom is 0.190 e. The van der Waals surface area contributed by atoms with Crippen LogP contribution >= 0.6 is 23.5 Å². The fraction of sp³-hybridized carbons (Fsp3) is 0.308. The lowest BCUT2D eigenvalue weighted by Crippen LogP contribution is -2.14. The van der Waals surface area contributed by atoms with Crippen molar-refractivity contribution in [1.29, 1.82) is 0 Å². The Morgan fingerprint density at radius 1 is 1.12 bits per heavy atom. The smallest absolute Gasteiger partial charge is 0.190 e. The zero-order valence-electron chi connectivity index (χ0n) is 9.45. The third kappa shape index (κ3) is 2.06. The molecule has 16 heavy (non-hydrogen) atoms. The van der Waals surface area contributed by atoms with Crippen molar-refractivity contribution < 1.29 is 4.79 Å². The highest BCUT2D eigenvalue weighted by molar-refractivity contribution is 8.21. The summed E-state index contributed by atoms with van der Waals surface area (Å²) in [5.74, 6) is 0.223. The SMILES string of the molecule is CSC(SC)=C1CCc2ccccc2C1=O. The summed E-state index contributed by atoms with van der Waals surface area (Å²) >= 11 is 3.35. The van der Waals surface area contributed by atoms with Crippen molar-refractivity contribution in [3.8, 4) is 0 Å². The Balaban J connectivity index is 2.46. The van der Waals surface area contributed by atoms with Gasteiger partial charge in [-0.05, 0) is 30.9 Å². The zero-order chi connectivity index (χ0) is 11.5. The predicted octanol–water partition coefficient (Wildman–Crippen LogP) is 3.75. The molecule has 0 saturated heterocycles. The molecule has 0 spiro atoms. The van der Waals surface area contributed by atoms with E-state index in [1.54, 1.807) is 23.5 Å². The van der Waals surface area contributed by atoms with E-state index in [2.05, 4.69) is 6.07 Å². The van der Waals surface area contributed by atoms with Crippen LogP contribution in [-0.4, -0.2) is 18.3 Å². The molecule has 2 rings (SSSR count). The molecule has 1 aliphatic carbocycles. The van der Waals surface area contributed by atoms with Crippen molar-refractivity contribution in [2.45, 2.75) is 12.8 Å². The molecule has 0 heterocycles. The predicted molar refractivity (Wildman–Crippen MR) is 73.1 cm³/mol. The van der Waals surface area contributed by atoms with Gasteiger partial charge in [0.25, 0.3) is 0 Å². The molecule has 0 amide bonds. The van der Waals surface area contributed by atoms with Crippen molar-refractivity contribution in [2.24, 2.45) is 0 Å². The monoisotopic (exact) mass is 250 g/mol. The van der Waals surface area contributed by atoms with Crippen LogP contribution in [0.5, 0.6) is 0 Å². The normalized spacial score (nSPS) is 14.9. The molecule has 0 radical (unpaired) electrons. The number of ketones is 1. The third-order valence-electron chi connectivity index (χ3n) is 2.80. The van der Waals surface area contributed by atoms with Crippen LogP contribution in [0.3, 0.4) is 0 Å². The highest BCUT2D eigenvalue weighted by atomic mass is 32.2. The molecule has 0 aromatic heterocycles. The molecule has 0 bridgehead atoms. The summed E-state index contributed by atoms with van der Waals surface area (Å²) in [5, 5.41) is 0. The second-order valence-electron chi connectivity index (χ2n) is 3.66. The maximum absolute atomic E-state index is 12.3. The maximum atomic E-state index is 12.3. The Bertz CT molecular complexity index is 443. The molecule has 84 valence electrons. The Hall–Kier alpha value is -0.670. The van der Waals surface area contributed by atoms with Crippen LogP contribution in [-0.2, 0) is 6.42 Å². The molecule has 1 aliphatic rings. The first-order valence-corrected chi connectivity index (χ1v) is 7.66. The van der Waals surface area contributed by atoms with Crippen LogP contribution in [0.2, 0.25) is 0 Å². The number of hydrogen-bond donors (Lipinski definition) is 0. The average molecular weight is 250 g/mol. The molecule has 0 atom stereocenters. The van der Waals surface area contributed by atoms with Crippen molar-refractivity contribution in [2.75, 3.05) is 12.5 Å². The van der Waals surface area contributed by atoms with Crippen molar-refractivity contribution in [3.05, 3.63) is 45.2 Å². The number of benzene rings is 1. The molecule has 1 aromatic carbocycles. The largest absolute Gasteiger partial charge is 0.289 e. The van der Waals surface area contributed by atoms with Gasteiger partial charge in [0.15, 0.2) is 5.78 Å². The molecule has 3 heteroatoms. The first kappa shape index (κ1) is 11.8. The molecule has 0 N–H and O–H groups in total. The topological polar surface area (TPSA) is 17.1 Å². The summed E-state index contributed by atoms with van der Waals surface area (Å²) in [6.07, 6.45) is 5.94. The molecule has 0 aliphatic heterocycles. The van der Waals surface area contributed by atoms with Crippen LogP contribution in [0.4, 0.5) is 0 Å². The van der Waals surface area contributed by atoms with Gasteiger partial charge in [-0.3, -0.25) is 4.79 Å². The van der Waals surface area contributed by atoms with Crippen LogP contribution in [0.25, 0.3) is 0 Å². The lowest BCUT2D eigenvalue weighted by atomic mass is 9.88. The van der Waals surface area contributed by atoms with Gasteiger partial charge >= 0.3 is 0 Å². The molecule has 0 fully saturated rings. The average Bonchev–Trinajstić information content (AvgIpc) is 2.34. The first-order chi connectivity index (χ1) is 7.77. The van der Waals surface area contributed by atoms with E-state index in [-0.39, 0.29) is 5.78 Å². The molecular weight excluding hydrogens is 236 g/mol. The highest BCUT2D eigenvalue weighted by Crippen LogP contribution is 2.35. The number of rotatable bonds is 2. The van der Waals surface area contributed by atoms with E-state index in [1.807, 2.05) is 30.7 Å². The van der Waals surface area contributed by atoms with Crippen molar-refractivity contribution in [3.63, 3.8) is 0 Å². The first-order valence-electron chi connectivity index (χ1n) is 5.21. The fourth-order valence-corrected chi connectivity index (χ4v) is 3.57. The summed E-state index contributed by atoms with van der Waals surface area (Å²) in [7, 11) is 0. The van der Waals surface area contributed by atoms with Gasteiger partial charge in [-0.25, -0.2) is 0 Å². The van der Waals surface area contributed by atoms with Crippen LogP contribution < -0.4 is 0 Å². The van der Waals surface area contributed by atoms with Gasteiger partial charge in [-0.15, -0.1) is 23.5 Å². The number of allylic oxidation sites excluding steroid dienone is 1. The summed E-state index contributed by atoms with van der Waals surface area (Å²) < 4.78 is 1.17.